The number of halogens is 1. The molecule has 0 aliphatic heterocycles. The van der Waals surface area contributed by atoms with Crippen molar-refractivity contribution >= 4 is 11.6 Å². The van der Waals surface area contributed by atoms with Gasteiger partial charge in [0.2, 0.25) is 0 Å². The Kier molecular flexibility index (Phi) is 5.14. The van der Waals surface area contributed by atoms with E-state index in [0.717, 1.165) is 6.07 Å². The molecular weight excluding hydrogens is 287 g/mol. The minimum atomic E-state index is -1.08. The molecule has 0 saturated heterocycles. The first kappa shape index (κ1) is 16.0. The highest BCUT2D eigenvalue weighted by Crippen LogP contribution is 2.16. The van der Waals surface area contributed by atoms with Gasteiger partial charge in [0, 0.05) is 11.1 Å². The average Bonchev–Trinajstić information content (AvgIpc) is 2.54. The molecule has 114 valence electrons. The molecule has 0 amide bonds. The first-order valence-electron chi connectivity index (χ1n) is 6.72. The molecule has 0 aliphatic rings. The van der Waals surface area contributed by atoms with Crippen LogP contribution in [0.4, 0.5) is 4.39 Å². The summed E-state index contributed by atoms with van der Waals surface area (Å²) in [6.45, 7) is -0.458. The fourth-order valence-electron chi connectivity index (χ4n) is 2.04. The highest BCUT2D eigenvalue weighted by molar-refractivity contribution is 6.13. The Bertz CT molecular complexity index is 697. The van der Waals surface area contributed by atoms with E-state index in [4.69, 9.17) is 5.11 Å². The predicted molar refractivity (Wildman–Crippen MR) is 78.2 cm³/mol. The molecule has 1 unspecified atom stereocenters. The number of Topliss-reactive ketones (excluding diaryl/α,β-unsaturated/α-hetero) is 2. The molecule has 0 fully saturated rings. The second-order valence-corrected chi connectivity index (χ2v) is 4.86. The maximum Gasteiger partial charge on any atom is 0.170 e. The fourth-order valence-corrected chi connectivity index (χ4v) is 2.04. The quantitative estimate of drug-likeness (QED) is 0.634. The third-order valence-corrected chi connectivity index (χ3v) is 3.23. The van der Waals surface area contributed by atoms with Crippen LogP contribution >= 0.6 is 0 Å². The van der Waals surface area contributed by atoms with E-state index < -0.39 is 30.1 Å². The van der Waals surface area contributed by atoms with Gasteiger partial charge in [-0.25, -0.2) is 4.39 Å². The number of ketones is 2. The molecule has 2 aromatic rings. The number of aliphatic hydroxyl groups is 2. The van der Waals surface area contributed by atoms with Crippen molar-refractivity contribution in [2.24, 2.45) is 0 Å². The molecule has 0 saturated carbocycles. The van der Waals surface area contributed by atoms with Gasteiger partial charge in [0.25, 0.3) is 0 Å². The van der Waals surface area contributed by atoms with Crippen molar-refractivity contribution in [3.05, 3.63) is 71.0 Å². The molecule has 1 atom stereocenters. The fraction of sp³-hybridized carbons (Fsp3) is 0.176. The van der Waals surface area contributed by atoms with Gasteiger partial charge in [-0.1, -0.05) is 30.3 Å². The van der Waals surface area contributed by atoms with Crippen LogP contribution in [0.5, 0.6) is 0 Å². The van der Waals surface area contributed by atoms with Gasteiger partial charge in [-0.2, -0.15) is 0 Å². The molecule has 2 rings (SSSR count). The average molecular weight is 302 g/mol. The highest BCUT2D eigenvalue weighted by Gasteiger charge is 2.15. The topological polar surface area (TPSA) is 74.6 Å². The van der Waals surface area contributed by atoms with Crippen LogP contribution < -0.4 is 0 Å². The molecule has 2 N–H and O–H groups in total. The van der Waals surface area contributed by atoms with Crippen LogP contribution in [0.15, 0.2) is 48.5 Å². The van der Waals surface area contributed by atoms with Crippen LogP contribution in [0.1, 0.15) is 38.8 Å². The van der Waals surface area contributed by atoms with Crippen LogP contribution in [-0.4, -0.2) is 28.4 Å². The molecular formula is C17H15FO4. The second-order valence-electron chi connectivity index (χ2n) is 4.86. The zero-order chi connectivity index (χ0) is 16.1. The lowest BCUT2D eigenvalue weighted by molar-refractivity contribution is 0.0891. The number of aliphatic hydroxyl groups excluding tert-OH is 2. The molecule has 2 aromatic carbocycles. The van der Waals surface area contributed by atoms with E-state index >= 15 is 0 Å². The highest BCUT2D eigenvalue weighted by atomic mass is 19.1. The maximum absolute atomic E-state index is 13.1. The van der Waals surface area contributed by atoms with Crippen molar-refractivity contribution in [2.75, 3.05) is 6.61 Å². The van der Waals surface area contributed by atoms with Gasteiger partial charge in [-0.05, 0) is 23.8 Å². The number of rotatable bonds is 6. The standard InChI is InChI=1S/C17H15FO4/c18-14-6-2-5-13(8-14)16(21)9-15(20)11-3-1-4-12(7-11)17(22)10-19/h1-8,17,19,22H,9-10H2. The Morgan fingerprint density at radius 1 is 1.00 bits per heavy atom. The summed E-state index contributed by atoms with van der Waals surface area (Å²) in [6.07, 6.45) is -1.46. The van der Waals surface area contributed by atoms with E-state index in [0.29, 0.717) is 5.56 Å². The molecule has 0 heterocycles. The maximum atomic E-state index is 13.1. The molecule has 22 heavy (non-hydrogen) atoms. The number of hydrogen-bond acceptors (Lipinski definition) is 4. The first-order chi connectivity index (χ1) is 10.5. The normalized spacial score (nSPS) is 12.0. The Balaban J connectivity index is 2.14. The van der Waals surface area contributed by atoms with E-state index in [1.54, 1.807) is 12.1 Å². The zero-order valence-electron chi connectivity index (χ0n) is 11.7. The van der Waals surface area contributed by atoms with Gasteiger partial charge in [0.15, 0.2) is 11.6 Å². The number of benzene rings is 2. The molecule has 0 aromatic heterocycles. The lowest BCUT2D eigenvalue weighted by atomic mass is 9.99. The summed E-state index contributed by atoms with van der Waals surface area (Å²) in [5.41, 5.74) is 0.793. The molecule has 4 nitrogen and oxygen atoms in total. The Hall–Kier alpha value is -2.37. The first-order valence-corrected chi connectivity index (χ1v) is 6.72. The molecule has 0 spiro atoms. The van der Waals surface area contributed by atoms with Crippen molar-refractivity contribution in [3.63, 3.8) is 0 Å². The lowest BCUT2D eigenvalue weighted by Crippen LogP contribution is -2.10. The summed E-state index contributed by atoms with van der Waals surface area (Å²) in [6, 6.07) is 11.3. The monoisotopic (exact) mass is 302 g/mol. The van der Waals surface area contributed by atoms with E-state index in [1.165, 1.54) is 30.3 Å². The summed E-state index contributed by atoms with van der Waals surface area (Å²) >= 11 is 0. The molecule has 0 aliphatic carbocycles. The smallest absolute Gasteiger partial charge is 0.170 e. The van der Waals surface area contributed by atoms with Gasteiger partial charge in [0.1, 0.15) is 11.9 Å². The minimum Gasteiger partial charge on any atom is -0.393 e. The van der Waals surface area contributed by atoms with E-state index in [9.17, 15) is 19.1 Å². The summed E-state index contributed by atoms with van der Waals surface area (Å²) in [5.74, 6) is -1.44. The van der Waals surface area contributed by atoms with E-state index in [1.807, 2.05) is 0 Å². The SMILES string of the molecule is O=C(CC(=O)c1cccc(C(O)CO)c1)c1cccc(F)c1. The number of carbonyl (C=O) groups is 2. The summed E-state index contributed by atoms with van der Waals surface area (Å²) in [4.78, 5) is 24.1. The van der Waals surface area contributed by atoms with Crippen molar-refractivity contribution in [1.82, 2.24) is 0 Å². The third kappa shape index (κ3) is 3.84. The molecule has 0 radical (unpaired) electrons. The summed E-state index contributed by atoms with van der Waals surface area (Å²) < 4.78 is 13.1. The largest absolute Gasteiger partial charge is 0.393 e. The van der Waals surface area contributed by atoms with Gasteiger partial charge in [-0.15, -0.1) is 0 Å². The van der Waals surface area contributed by atoms with Crippen LogP contribution in [0.25, 0.3) is 0 Å². The third-order valence-electron chi connectivity index (χ3n) is 3.23. The van der Waals surface area contributed by atoms with E-state index in [-0.39, 0.29) is 17.5 Å². The van der Waals surface area contributed by atoms with Crippen LogP contribution in [0.3, 0.4) is 0 Å². The molecule has 5 heteroatoms. The van der Waals surface area contributed by atoms with Crippen LogP contribution in [0.2, 0.25) is 0 Å². The molecule has 0 bridgehead atoms. The van der Waals surface area contributed by atoms with E-state index in [2.05, 4.69) is 0 Å². The second kappa shape index (κ2) is 7.06. The zero-order valence-corrected chi connectivity index (χ0v) is 11.7. The Labute approximate surface area is 126 Å². The number of carbonyl (C=O) groups excluding carboxylic acids is 2. The van der Waals surface area contributed by atoms with Gasteiger partial charge >= 0.3 is 0 Å². The van der Waals surface area contributed by atoms with Crippen molar-refractivity contribution in [2.45, 2.75) is 12.5 Å². The van der Waals surface area contributed by atoms with Crippen molar-refractivity contribution in [3.8, 4) is 0 Å². The van der Waals surface area contributed by atoms with Crippen LogP contribution in [-0.2, 0) is 0 Å². The summed E-state index contributed by atoms with van der Waals surface area (Å²) in [7, 11) is 0. The Morgan fingerprint density at radius 3 is 2.18 bits per heavy atom. The van der Waals surface area contributed by atoms with Gasteiger partial charge in [0.05, 0.1) is 13.0 Å². The lowest BCUT2D eigenvalue weighted by Gasteiger charge is -2.09. The van der Waals surface area contributed by atoms with Gasteiger partial charge < -0.3 is 10.2 Å². The summed E-state index contributed by atoms with van der Waals surface area (Å²) in [5, 5.41) is 18.5. The predicted octanol–water partition coefficient (Wildman–Crippen LogP) is 2.31. The minimum absolute atomic E-state index is 0.139. The van der Waals surface area contributed by atoms with Gasteiger partial charge in [-0.3, -0.25) is 9.59 Å². The number of hydrogen-bond donors (Lipinski definition) is 2. The Morgan fingerprint density at radius 2 is 1.59 bits per heavy atom. The van der Waals surface area contributed by atoms with Crippen molar-refractivity contribution in [1.29, 1.82) is 0 Å². The van der Waals surface area contributed by atoms with Crippen LogP contribution in [0, 0.1) is 5.82 Å². The van der Waals surface area contributed by atoms with Crippen molar-refractivity contribution < 1.29 is 24.2 Å².